The largest absolute Gasteiger partial charge is 0.320 e. The van der Waals surface area contributed by atoms with Crippen molar-refractivity contribution >= 4 is 0 Å². The van der Waals surface area contributed by atoms with Crippen molar-refractivity contribution < 1.29 is 0 Å². The first kappa shape index (κ1) is 6.73. The number of nitrogens with zero attached hydrogens (tertiary/aromatic N) is 2. The van der Waals surface area contributed by atoms with E-state index in [1.165, 1.54) is 6.42 Å². The molecule has 0 atom stereocenters. The Hall–Kier alpha value is -0.960. The molecule has 1 aliphatic carbocycles. The first-order valence-electron chi connectivity index (χ1n) is 3.87. The van der Waals surface area contributed by atoms with Gasteiger partial charge in [-0.25, -0.2) is 9.97 Å². The van der Waals surface area contributed by atoms with Crippen LogP contribution in [-0.2, 0) is 5.54 Å². The second-order valence-corrected chi connectivity index (χ2v) is 3.10. The van der Waals surface area contributed by atoms with Gasteiger partial charge in [0.2, 0.25) is 0 Å². The summed E-state index contributed by atoms with van der Waals surface area (Å²) in [4.78, 5) is 7.99. The normalized spacial score (nSPS) is 20.8. The monoisotopic (exact) mass is 149 g/mol. The minimum Gasteiger partial charge on any atom is -0.320 e. The Morgan fingerprint density at radius 2 is 2.27 bits per heavy atom. The minimum absolute atomic E-state index is 0.136. The third kappa shape index (κ3) is 1.01. The van der Waals surface area contributed by atoms with Gasteiger partial charge in [0.15, 0.2) is 0 Å². The van der Waals surface area contributed by atoms with Crippen LogP contribution in [0.25, 0.3) is 0 Å². The molecule has 0 spiro atoms. The van der Waals surface area contributed by atoms with Crippen LogP contribution in [0.4, 0.5) is 0 Å². The fraction of sp³-hybridized carbons (Fsp3) is 0.500. The van der Waals surface area contributed by atoms with E-state index in [-0.39, 0.29) is 5.54 Å². The molecule has 0 radical (unpaired) electrons. The van der Waals surface area contributed by atoms with E-state index >= 15 is 0 Å². The van der Waals surface area contributed by atoms with Gasteiger partial charge < -0.3 is 5.73 Å². The van der Waals surface area contributed by atoms with Gasteiger partial charge in [-0.3, -0.25) is 0 Å². The molecular formula is C8H11N3. The average Bonchev–Trinajstić information content (AvgIpc) is 2.02. The summed E-state index contributed by atoms with van der Waals surface area (Å²) in [7, 11) is 0. The van der Waals surface area contributed by atoms with E-state index in [1.54, 1.807) is 12.5 Å². The third-order valence-electron chi connectivity index (χ3n) is 2.34. The highest BCUT2D eigenvalue weighted by molar-refractivity contribution is 5.15. The zero-order chi connectivity index (χ0) is 7.73. The second kappa shape index (κ2) is 2.27. The van der Waals surface area contributed by atoms with Crippen molar-refractivity contribution in [1.82, 2.24) is 9.97 Å². The number of hydrogen-bond acceptors (Lipinski definition) is 3. The number of aromatic nitrogens is 2. The summed E-state index contributed by atoms with van der Waals surface area (Å²) in [6, 6.07) is 1.90. The fourth-order valence-electron chi connectivity index (χ4n) is 1.40. The zero-order valence-corrected chi connectivity index (χ0v) is 6.33. The van der Waals surface area contributed by atoms with Crippen molar-refractivity contribution in [2.75, 3.05) is 0 Å². The summed E-state index contributed by atoms with van der Waals surface area (Å²) in [5.74, 6) is 0. The molecule has 0 aromatic carbocycles. The SMILES string of the molecule is NC1(c2ccncn2)CCC1. The maximum Gasteiger partial charge on any atom is 0.115 e. The lowest BCUT2D eigenvalue weighted by atomic mass is 9.75. The van der Waals surface area contributed by atoms with Gasteiger partial charge >= 0.3 is 0 Å². The predicted octanol–water partition coefficient (Wildman–Crippen LogP) is 0.815. The molecule has 1 aliphatic rings. The van der Waals surface area contributed by atoms with Gasteiger partial charge in [-0.2, -0.15) is 0 Å². The van der Waals surface area contributed by atoms with Gasteiger partial charge in [-0.15, -0.1) is 0 Å². The van der Waals surface area contributed by atoms with Crippen molar-refractivity contribution in [3.8, 4) is 0 Å². The standard InChI is InChI=1S/C8H11N3/c9-8(3-1-4-8)7-2-5-10-6-11-7/h2,5-6H,1,3-4,9H2. The van der Waals surface area contributed by atoms with E-state index in [1.807, 2.05) is 6.07 Å². The summed E-state index contributed by atoms with van der Waals surface area (Å²) < 4.78 is 0. The molecule has 2 rings (SSSR count). The van der Waals surface area contributed by atoms with E-state index < -0.39 is 0 Å². The first-order valence-corrected chi connectivity index (χ1v) is 3.87. The van der Waals surface area contributed by atoms with Crippen LogP contribution in [0.5, 0.6) is 0 Å². The molecule has 3 heteroatoms. The van der Waals surface area contributed by atoms with Gasteiger partial charge in [0.05, 0.1) is 11.2 Å². The lowest BCUT2D eigenvalue weighted by Gasteiger charge is -2.37. The Morgan fingerprint density at radius 3 is 2.73 bits per heavy atom. The quantitative estimate of drug-likeness (QED) is 0.643. The summed E-state index contributed by atoms with van der Waals surface area (Å²) in [6.07, 6.45) is 6.64. The van der Waals surface area contributed by atoms with E-state index in [0.717, 1.165) is 18.5 Å². The molecule has 1 heterocycles. The van der Waals surface area contributed by atoms with Crippen LogP contribution in [-0.4, -0.2) is 9.97 Å². The highest BCUT2D eigenvalue weighted by Gasteiger charge is 2.35. The number of hydrogen-bond donors (Lipinski definition) is 1. The van der Waals surface area contributed by atoms with E-state index in [9.17, 15) is 0 Å². The molecule has 0 unspecified atom stereocenters. The molecule has 1 aromatic rings. The van der Waals surface area contributed by atoms with Crippen LogP contribution in [0.3, 0.4) is 0 Å². The molecule has 3 nitrogen and oxygen atoms in total. The Kier molecular flexibility index (Phi) is 1.39. The van der Waals surface area contributed by atoms with Crippen molar-refractivity contribution in [3.63, 3.8) is 0 Å². The van der Waals surface area contributed by atoms with Gasteiger partial charge in [0.25, 0.3) is 0 Å². The molecule has 1 saturated carbocycles. The fourth-order valence-corrected chi connectivity index (χ4v) is 1.40. The smallest absolute Gasteiger partial charge is 0.115 e. The van der Waals surface area contributed by atoms with Crippen LogP contribution < -0.4 is 5.73 Å². The van der Waals surface area contributed by atoms with Gasteiger partial charge in [-0.1, -0.05) is 0 Å². The van der Waals surface area contributed by atoms with Crippen molar-refractivity contribution in [3.05, 3.63) is 24.3 Å². The van der Waals surface area contributed by atoms with E-state index in [2.05, 4.69) is 9.97 Å². The summed E-state index contributed by atoms with van der Waals surface area (Å²) in [6.45, 7) is 0. The van der Waals surface area contributed by atoms with Crippen molar-refractivity contribution in [1.29, 1.82) is 0 Å². The average molecular weight is 149 g/mol. The molecule has 58 valence electrons. The lowest BCUT2D eigenvalue weighted by molar-refractivity contribution is 0.246. The Labute approximate surface area is 65.7 Å². The van der Waals surface area contributed by atoms with Crippen molar-refractivity contribution in [2.24, 2.45) is 5.73 Å². The van der Waals surface area contributed by atoms with Crippen LogP contribution >= 0.6 is 0 Å². The molecule has 0 saturated heterocycles. The van der Waals surface area contributed by atoms with Crippen molar-refractivity contribution in [2.45, 2.75) is 24.8 Å². The van der Waals surface area contributed by atoms with Gasteiger partial charge in [0.1, 0.15) is 6.33 Å². The number of rotatable bonds is 1. The maximum atomic E-state index is 6.03. The predicted molar refractivity (Wildman–Crippen MR) is 41.7 cm³/mol. The molecule has 1 fully saturated rings. The van der Waals surface area contributed by atoms with Crippen LogP contribution in [0.2, 0.25) is 0 Å². The van der Waals surface area contributed by atoms with E-state index in [0.29, 0.717) is 0 Å². The topological polar surface area (TPSA) is 51.8 Å². The Morgan fingerprint density at radius 1 is 1.45 bits per heavy atom. The van der Waals surface area contributed by atoms with E-state index in [4.69, 9.17) is 5.73 Å². The molecule has 0 aliphatic heterocycles. The summed E-state index contributed by atoms with van der Waals surface area (Å²) in [5, 5.41) is 0. The highest BCUT2D eigenvalue weighted by atomic mass is 14.9. The molecular weight excluding hydrogens is 138 g/mol. The number of nitrogens with two attached hydrogens (primary N) is 1. The Balaban J connectivity index is 2.29. The molecule has 11 heavy (non-hydrogen) atoms. The Bertz CT molecular complexity index is 241. The molecule has 1 aromatic heterocycles. The van der Waals surface area contributed by atoms with Gasteiger partial charge in [0, 0.05) is 6.20 Å². The third-order valence-corrected chi connectivity index (χ3v) is 2.34. The minimum atomic E-state index is -0.136. The summed E-state index contributed by atoms with van der Waals surface area (Å²) >= 11 is 0. The van der Waals surface area contributed by atoms with Crippen LogP contribution in [0, 0.1) is 0 Å². The molecule has 0 bridgehead atoms. The summed E-state index contributed by atoms with van der Waals surface area (Å²) in [5.41, 5.74) is 6.88. The maximum absolute atomic E-state index is 6.03. The lowest BCUT2D eigenvalue weighted by Crippen LogP contribution is -2.43. The van der Waals surface area contributed by atoms with Crippen LogP contribution in [0.1, 0.15) is 25.0 Å². The van der Waals surface area contributed by atoms with Gasteiger partial charge in [-0.05, 0) is 25.3 Å². The second-order valence-electron chi connectivity index (χ2n) is 3.10. The first-order chi connectivity index (χ1) is 5.31. The van der Waals surface area contributed by atoms with Crippen LogP contribution in [0.15, 0.2) is 18.6 Å². The molecule has 0 amide bonds. The zero-order valence-electron chi connectivity index (χ0n) is 6.33. The highest BCUT2D eigenvalue weighted by Crippen LogP contribution is 2.36. The molecule has 2 N–H and O–H groups in total.